The van der Waals surface area contributed by atoms with Gasteiger partial charge in [-0.15, -0.1) is 5.10 Å². The first-order valence-electron chi connectivity index (χ1n) is 6.96. The molecule has 2 aromatic rings. The predicted octanol–water partition coefficient (Wildman–Crippen LogP) is 1.45. The quantitative estimate of drug-likeness (QED) is 0.788. The highest BCUT2D eigenvalue weighted by Gasteiger charge is 2.21. The summed E-state index contributed by atoms with van der Waals surface area (Å²) in [7, 11) is 1.77. The zero-order chi connectivity index (χ0) is 13.9. The summed E-state index contributed by atoms with van der Waals surface area (Å²) < 4.78 is 1.56. The zero-order valence-corrected chi connectivity index (χ0v) is 11.6. The van der Waals surface area contributed by atoms with Crippen molar-refractivity contribution in [3.8, 4) is 0 Å². The number of benzene rings is 1. The van der Waals surface area contributed by atoms with Crippen molar-refractivity contribution in [3.63, 3.8) is 0 Å². The summed E-state index contributed by atoms with van der Waals surface area (Å²) in [5.41, 5.74) is 2.76. The van der Waals surface area contributed by atoms with Gasteiger partial charge in [0.2, 0.25) is 5.82 Å². The number of aromatic nitrogens is 3. The Morgan fingerprint density at radius 3 is 2.60 bits per heavy atom. The Kier molecular flexibility index (Phi) is 3.50. The van der Waals surface area contributed by atoms with Crippen LogP contribution in [0.25, 0.3) is 0 Å². The molecule has 1 aliphatic heterocycles. The predicted molar refractivity (Wildman–Crippen MR) is 75.4 cm³/mol. The van der Waals surface area contributed by atoms with Crippen LogP contribution in [0.3, 0.4) is 0 Å². The summed E-state index contributed by atoms with van der Waals surface area (Å²) in [6.07, 6.45) is 4.46. The molecule has 5 heteroatoms. The molecule has 0 aliphatic carbocycles. The number of fused-ring (bicyclic) bond motifs is 1. The Morgan fingerprint density at radius 1 is 1.15 bits per heavy atom. The van der Waals surface area contributed by atoms with Gasteiger partial charge in [-0.3, -0.25) is 9.48 Å². The highest BCUT2D eigenvalue weighted by Crippen LogP contribution is 2.16. The lowest BCUT2D eigenvalue weighted by atomic mass is 9.98. The van der Waals surface area contributed by atoms with Crippen LogP contribution in [-0.2, 0) is 19.9 Å². The van der Waals surface area contributed by atoms with Crippen LogP contribution in [0.1, 0.15) is 28.2 Å². The minimum absolute atomic E-state index is 0.0648. The third-order valence-corrected chi connectivity index (χ3v) is 3.72. The molecular formula is C15H18N4O. The van der Waals surface area contributed by atoms with Gasteiger partial charge in [0.25, 0.3) is 5.91 Å². The van der Waals surface area contributed by atoms with E-state index in [0.29, 0.717) is 5.82 Å². The summed E-state index contributed by atoms with van der Waals surface area (Å²) in [5, 5.41) is 4.10. The van der Waals surface area contributed by atoms with Crippen molar-refractivity contribution < 1.29 is 4.79 Å². The molecule has 0 N–H and O–H groups in total. The largest absolute Gasteiger partial charge is 0.336 e. The van der Waals surface area contributed by atoms with Crippen LogP contribution >= 0.6 is 0 Å². The number of hydrogen-bond acceptors (Lipinski definition) is 3. The molecule has 0 spiro atoms. The van der Waals surface area contributed by atoms with E-state index < -0.39 is 0 Å². The number of aryl methyl sites for hydroxylation is 2. The van der Waals surface area contributed by atoms with Gasteiger partial charge >= 0.3 is 0 Å². The average molecular weight is 270 g/mol. The molecule has 0 bridgehead atoms. The third kappa shape index (κ3) is 2.57. The van der Waals surface area contributed by atoms with Gasteiger partial charge in [-0.1, -0.05) is 24.3 Å². The zero-order valence-electron chi connectivity index (χ0n) is 11.6. The maximum Gasteiger partial charge on any atom is 0.293 e. The maximum absolute atomic E-state index is 12.4. The van der Waals surface area contributed by atoms with E-state index in [-0.39, 0.29) is 5.91 Å². The van der Waals surface area contributed by atoms with Crippen molar-refractivity contribution in [2.45, 2.75) is 19.3 Å². The average Bonchev–Trinajstić information content (AvgIpc) is 2.86. The molecular weight excluding hydrogens is 252 g/mol. The lowest BCUT2D eigenvalue weighted by Crippen LogP contribution is -2.36. The molecule has 0 fully saturated rings. The summed E-state index contributed by atoms with van der Waals surface area (Å²) in [5.74, 6) is 0.228. The van der Waals surface area contributed by atoms with E-state index in [1.807, 2.05) is 4.90 Å². The first-order valence-corrected chi connectivity index (χ1v) is 6.96. The summed E-state index contributed by atoms with van der Waals surface area (Å²) >= 11 is 0. The summed E-state index contributed by atoms with van der Waals surface area (Å²) in [6.45, 7) is 1.50. The van der Waals surface area contributed by atoms with Gasteiger partial charge in [0.1, 0.15) is 6.33 Å². The molecule has 5 nitrogen and oxygen atoms in total. The van der Waals surface area contributed by atoms with Gasteiger partial charge in [0, 0.05) is 20.1 Å². The molecule has 2 heterocycles. The number of amides is 1. The second-order valence-electron chi connectivity index (χ2n) is 5.16. The fourth-order valence-corrected chi connectivity index (χ4v) is 2.65. The van der Waals surface area contributed by atoms with Crippen LogP contribution in [-0.4, -0.2) is 38.7 Å². The van der Waals surface area contributed by atoms with Gasteiger partial charge in [0.05, 0.1) is 0 Å². The van der Waals surface area contributed by atoms with Gasteiger partial charge in [-0.25, -0.2) is 4.98 Å². The molecule has 3 rings (SSSR count). The highest BCUT2D eigenvalue weighted by atomic mass is 16.2. The van der Waals surface area contributed by atoms with Crippen LogP contribution < -0.4 is 0 Å². The smallest absolute Gasteiger partial charge is 0.293 e. The van der Waals surface area contributed by atoms with E-state index in [1.54, 1.807) is 18.1 Å². The highest BCUT2D eigenvalue weighted by molar-refractivity contribution is 5.90. The molecule has 0 saturated heterocycles. The molecule has 104 valence electrons. The Balaban J connectivity index is 1.75. The van der Waals surface area contributed by atoms with E-state index in [4.69, 9.17) is 0 Å². The normalized spacial score (nSPS) is 15.3. The van der Waals surface area contributed by atoms with Crippen molar-refractivity contribution in [3.05, 3.63) is 47.5 Å². The van der Waals surface area contributed by atoms with Gasteiger partial charge in [-0.05, 0) is 30.4 Å². The Bertz CT molecular complexity index is 620. The van der Waals surface area contributed by atoms with Gasteiger partial charge < -0.3 is 4.90 Å². The Labute approximate surface area is 118 Å². The van der Waals surface area contributed by atoms with Crippen LogP contribution in [0.15, 0.2) is 30.6 Å². The fraction of sp³-hybridized carbons (Fsp3) is 0.400. The molecule has 0 atom stereocenters. The number of carbonyl (C=O) groups excluding carboxylic acids is 1. The Morgan fingerprint density at radius 2 is 1.90 bits per heavy atom. The molecule has 1 aromatic carbocycles. The van der Waals surface area contributed by atoms with E-state index in [9.17, 15) is 4.79 Å². The summed E-state index contributed by atoms with van der Waals surface area (Å²) in [4.78, 5) is 18.3. The minimum Gasteiger partial charge on any atom is -0.336 e. The fourth-order valence-electron chi connectivity index (χ4n) is 2.65. The van der Waals surface area contributed by atoms with E-state index in [2.05, 4.69) is 34.3 Å². The monoisotopic (exact) mass is 270 g/mol. The molecule has 1 amide bonds. The number of rotatable bonds is 1. The molecule has 0 saturated carbocycles. The van der Waals surface area contributed by atoms with Crippen molar-refractivity contribution in [1.82, 2.24) is 19.7 Å². The van der Waals surface area contributed by atoms with E-state index in [1.165, 1.54) is 11.1 Å². The summed E-state index contributed by atoms with van der Waals surface area (Å²) in [6, 6.07) is 8.49. The van der Waals surface area contributed by atoms with Crippen molar-refractivity contribution in [1.29, 1.82) is 0 Å². The van der Waals surface area contributed by atoms with E-state index >= 15 is 0 Å². The standard InChI is InChI=1S/C15H18N4O/c1-18-11-16-14(17-18)15(20)19-9-4-7-12-5-2-3-6-13(12)8-10-19/h2-3,5-6,11H,4,7-10H2,1H3. The van der Waals surface area contributed by atoms with Crippen molar-refractivity contribution >= 4 is 5.91 Å². The second-order valence-corrected chi connectivity index (χ2v) is 5.16. The van der Waals surface area contributed by atoms with Crippen LogP contribution in [0, 0.1) is 0 Å². The SMILES string of the molecule is Cn1cnc(C(=O)N2CCCc3ccccc3CC2)n1. The molecule has 0 radical (unpaired) electrons. The van der Waals surface area contributed by atoms with Crippen LogP contribution in [0.2, 0.25) is 0 Å². The van der Waals surface area contributed by atoms with Crippen LogP contribution in [0.5, 0.6) is 0 Å². The lowest BCUT2D eigenvalue weighted by Gasteiger charge is -2.24. The first kappa shape index (κ1) is 12.8. The number of hydrogen-bond donors (Lipinski definition) is 0. The van der Waals surface area contributed by atoms with Crippen molar-refractivity contribution in [2.75, 3.05) is 13.1 Å². The molecule has 1 aromatic heterocycles. The molecule has 0 unspecified atom stereocenters. The third-order valence-electron chi connectivity index (χ3n) is 3.72. The minimum atomic E-state index is -0.0648. The van der Waals surface area contributed by atoms with Crippen LogP contribution in [0.4, 0.5) is 0 Å². The van der Waals surface area contributed by atoms with Gasteiger partial charge in [-0.2, -0.15) is 0 Å². The molecule has 1 aliphatic rings. The molecule has 20 heavy (non-hydrogen) atoms. The van der Waals surface area contributed by atoms with Gasteiger partial charge in [0.15, 0.2) is 0 Å². The van der Waals surface area contributed by atoms with E-state index in [0.717, 1.165) is 32.4 Å². The second kappa shape index (κ2) is 5.45. The number of carbonyl (C=O) groups is 1. The topological polar surface area (TPSA) is 51.0 Å². The maximum atomic E-state index is 12.4. The first-order chi connectivity index (χ1) is 9.74. The van der Waals surface area contributed by atoms with Crippen molar-refractivity contribution in [2.24, 2.45) is 7.05 Å². The number of nitrogens with zero attached hydrogens (tertiary/aromatic N) is 4. The lowest BCUT2D eigenvalue weighted by molar-refractivity contribution is 0.0740. The Hall–Kier alpha value is -2.17.